The molecule has 0 bridgehead atoms. The van der Waals surface area contributed by atoms with E-state index in [-0.39, 0.29) is 0 Å². The maximum Gasteiger partial charge on any atom is 0.180 e. The topological polar surface area (TPSA) is 96.7 Å². The fourth-order valence-electron chi connectivity index (χ4n) is 4.14. The van der Waals surface area contributed by atoms with Gasteiger partial charge in [0, 0.05) is 56.9 Å². The van der Waals surface area contributed by atoms with Crippen LogP contribution in [0.3, 0.4) is 0 Å². The first-order valence-electron chi connectivity index (χ1n) is 10.1. The first kappa shape index (κ1) is 17.1. The van der Waals surface area contributed by atoms with Crippen molar-refractivity contribution in [3.63, 3.8) is 0 Å². The summed E-state index contributed by atoms with van der Waals surface area (Å²) in [6.07, 6.45) is 10.4. The van der Waals surface area contributed by atoms with Gasteiger partial charge in [0.25, 0.3) is 0 Å². The molecule has 0 saturated heterocycles. The summed E-state index contributed by atoms with van der Waals surface area (Å²) in [4.78, 5) is 36.8. The second-order valence-corrected chi connectivity index (χ2v) is 7.46. The number of hydrogen-bond acceptors (Lipinski definition) is 9. The van der Waals surface area contributed by atoms with Crippen LogP contribution in [-0.2, 0) is 25.9 Å². The van der Waals surface area contributed by atoms with E-state index in [1.54, 1.807) is 31.0 Å². The lowest BCUT2D eigenvalue weighted by molar-refractivity contribution is 0.659. The van der Waals surface area contributed by atoms with Crippen molar-refractivity contribution in [1.82, 2.24) is 34.9 Å². The van der Waals surface area contributed by atoms with E-state index in [2.05, 4.69) is 34.7 Å². The fraction of sp³-hybridized carbons (Fsp3) is 0.286. The largest absolute Gasteiger partial charge is 0.347 e. The molecule has 9 nitrogen and oxygen atoms in total. The zero-order valence-electron chi connectivity index (χ0n) is 16.3. The van der Waals surface area contributed by atoms with Crippen LogP contribution in [0.15, 0.2) is 43.1 Å². The van der Waals surface area contributed by atoms with Gasteiger partial charge in [0.2, 0.25) is 0 Å². The minimum absolute atomic E-state index is 0.651. The number of pyridine rings is 1. The molecule has 6 heterocycles. The average Bonchev–Trinajstić information content (AvgIpc) is 2.82. The van der Waals surface area contributed by atoms with Gasteiger partial charge in [-0.2, -0.15) is 0 Å². The van der Waals surface area contributed by atoms with Crippen LogP contribution < -0.4 is 9.80 Å². The highest BCUT2D eigenvalue weighted by molar-refractivity contribution is 5.78. The van der Waals surface area contributed by atoms with Crippen LogP contribution in [0.2, 0.25) is 0 Å². The van der Waals surface area contributed by atoms with Gasteiger partial charge in [-0.3, -0.25) is 19.9 Å². The summed E-state index contributed by atoms with van der Waals surface area (Å²) in [6.45, 7) is 2.97. The Morgan fingerprint density at radius 1 is 0.600 bits per heavy atom. The van der Waals surface area contributed by atoms with E-state index in [1.807, 2.05) is 12.1 Å². The molecule has 0 N–H and O–H groups in total. The van der Waals surface area contributed by atoms with Gasteiger partial charge in [0.05, 0.1) is 35.9 Å². The lowest BCUT2D eigenvalue weighted by atomic mass is 10.1. The second-order valence-electron chi connectivity index (χ2n) is 7.46. The Kier molecular flexibility index (Phi) is 3.97. The van der Waals surface area contributed by atoms with Gasteiger partial charge in [-0.15, -0.1) is 0 Å². The zero-order chi connectivity index (χ0) is 19.9. The molecule has 148 valence electrons. The quantitative estimate of drug-likeness (QED) is 0.501. The first-order valence-corrected chi connectivity index (χ1v) is 10.1. The number of nitrogens with zero attached hydrogens (tertiary/aromatic N) is 9. The van der Waals surface area contributed by atoms with Crippen LogP contribution in [0, 0.1) is 0 Å². The minimum atomic E-state index is 0.651. The Hall–Kier alpha value is -3.75. The van der Waals surface area contributed by atoms with Gasteiger partial charge in [-0.05, 0) is 12.1 Å². The van der Waals surface area contributed by atoms with Gasteiger partial charge in [-0.1, -0.05) is 0 Å². The van der Waals surface area contributed by atoms with E-state index in [1.165, 1.54) is 0 Å². The second kappa shape index (κ2) is 6.94. The van der Waals surface area contributed by atoms with Crippen LogP contribution in [0.1, 0.15) is 22.8 Å². The molecule has 0 fully saturated rings. The molecule has 2 aliphatic heterocycles. The summed E-state index contributed by atoms with van der Waals surface area (Å²) >= 11 is 0. The highest BCUT2D eigenvalue weighted by atomic mass is 15.3. The molecular formula is C21H19N9. The molecule has 0 saturated carbocycles. The molecule has 0 unspecified atom stereocenters. The molecule has 30 heavy (non-hydrogen) atoms. The molecule has 0 aliphatic carbocycles. The van der Waals surface area contributed by atoms with E-state index in [4.69, 9.17) is 9.97 Å². The Labute approximate surface area is 172 Å². The van der Waals surface area contributed by atoms with Crippen LogP contribution >= 0.6 is 0 Å². The van der Waals surface area contributed by atoms with E-state index < -0.39 is 0 Å². The van der Waals surface area contributed by atoms with Crippen LogP contribution in [0.5, 0.6) is 0 Å². The first-order chi connectivity index (χ1) is 14.8. The van der Waals surface area contributed by atoms with Gasteiger partial charge in [-0.25, -0.2) is 15.0 Å². The van der Waals surface area contributed by atoms with Crippen molar-refractivity contribution in [3.05, 3.63) is 65.9 Å². The molecule has 0 spiro atoms. The number of aromatic nitrogens is 7. The maximum absolute atomic E-state index is 4.98. The summed E-state index contributed by atoms with van der Waals surface area (Å²) in [6, 6.07) is 3.85. The molecule has 6 rings (SSSR count). The van der Waals surface area contributed by atoms with Crippen molar-refractivity contribution in [2.24, 2.45) is 0 Å². The van der Waals surface area contributed by atoms with Crippen LogP contribution in [0.25, 0.3) is 11.2 Å². The van der Waals surface area contributed by atoms with Crippen LogP contribution in [-0.4, -0.2) is 48.0 Å². The van der Waals surface area contributed by atoms with Gasteiger partial charge >= 0.3 is 0 Å². The van der Waals surface area contributed by atoms with Gasteiger partial charge in [0.1, 0.15) is 5.52 Å². The molecule has 0 aromatic carbocycles. The number of anilines is 2. The summed E-state index contributed by atoms with van der Waals surface area (Å²) < 4.78 is 0. The van der Waals surface area contributed by atoms with E-state index in [0.717, 1.165) is 65.9 Å². The summed E-state index contributed by atoms with van der Waals surface area (Å²) in [7, 11) is 0. The summed E-state index contributed by atoms with van der Waals surface area (Å²) in [5, 5.41) is 0. The van der Waals surface area contributed by atoms with Gasteiger partial charge in [0.15, 0.2) is 17.3 Å². The predicted octanol–water partition coefficient (Wildman–Crippen LogP) is 1.73. The molecule has 4 aromatic heterocycles. The molecule has 4 aromatic rings. The Morgan fingerprint density at radius 2 is 1.17 bits per heavy atom. The Bertz CT molecular complexity index is 1150. The molecule has 9 heteroatoms. The standard InChI is InChI=1S/C21H19N9/c1-2-16-19(26-5-1)28-21(30-11-4-15-18(13-30)25-9-7-23-15)20(27-16)29-10-3-14-17(12-29)24-8-6-22-14/h1-2,5-9H,3-4,10-13H2. The molecule has 2 aliphatic rings. The zero-order valence-corrected chi connectivity index (χ0v) is 16.3. The van der Waals surface area contributed by atoms with Crippen molar-refractivity contribution in [2.75, 3.05) is 22.9 Å². The van der Waals surface area contributed by atoms with Crippen molar-refractivity contribution in [2.45, 2.75) is 25.9 Å². The monoisotopic (exact) mass is 397 g/mol. The lowest BCUT2D eigenvalue weighted by Crippen LogP contribution is -2.37. The highest BCUT2D eigenvalue weighted by Crippen LogP contribution is 2.32. The van der Waals surface area contributed by atoms with Crippen molar-refractivity contribution < 1.29 is 0 Å². The number of hydrogen-bond donors (Lipinski definition) is 0. The molecular weight excluding hydrogens is 378 g/mol. The van der Waals surface area contributed by atoms with E-state index in [0.29, 0.717) is 18.7 Å². The minimum Gasteiger partial charge on any atom is -0.347 e. The fourth-order valence-corrected chi connectivity index (χ4v) is 4.14. The van der Waals surface area contributed by atoms with Crippen molar-refractivity contribution in [3.8, 4) is 0 Å². The normalized spacial score (nSPS) is 15.7. The molecule has 0 amide bonds. The van der Waals surface area contributed by atoms with E-state index >= 15 is 0 Å². The smallest absolute Gasteiger partial charge is 0.180 e. The third-order valence-electron chi connectivity index (χ3n) is 5.64. The number of rotatable bonds is 2. The lowest BCUT2D eigenvalue weighted by Gasteiger charge is -2.34. The highest BCUT2D eigenvalue weighted by Gasteiger charge is 2.28. The van der Waals surface area contributed by atoms with Crippen molar-refractivity contribution >= 4 is 22.8 Å². The number of fused-ring (bicyclic) bond motifs is 3. The summed E-state index contributed by atoms with van der Waals surface area (Å²) in [5.74, 6) is 1.70. The Balaban J connectivity index is 1.44. The van der Waals surface area contributed by atoms with E-state index in [9.17, 15) is 0 Å². The molecule has 0 atom stereocenters. The third-order valence-corrected chi connectivity index (χ3v) is 5.64. The third kappa shape index (κ3) is 2.90. The molecule has 0 radical (unpaired) electrons. The van der Waals surface area contributed by atoms with Crippen molar-refractivity contribution in [1.29, 1.82) is 0 Å². The maximum atomic E-state index is 4.98. The average molecular weight is 397 g/mol. The van der Waals surface area contributed by atoms with Crippen LogP contribution in [0.4, 0.5) is 11.6 Å². The van der Waals surface area contributed by atoms with Gasteiger partial charge < -0.3 is 9.80 Å². The SMILES string of the molecule is c1cnc2nc(N3CCc4nccnc4C3)c(N3CCc4nccnc4C3)nc2c1. The predicted molar refractivity (Wildman–Crippen MR) is 111 cm³/mol. The summed E-state index contributed by atoms with van der Waals surface area (Å²) in [5.41, 5.74) is 5.55. The Morgan fingerprint density at radius 3 is 1.80 bits per heavy atom.